The zero-order chi connectivity index (χ0) is 7.15. The van der Waals surface area contributed by atoms with Crippen molar-refractivity contribution in [2.24, 2.45) is 0 Å². The number of hydrogen-bond acceptors (Lipinski definition) is 6. The third-order valence-corrected chi connectivity index (χ3v) is 0. The van der Waals surface area contributed by atoms with Crippen molar-refractivity contribution in [3.05, 3.63) is 0 Å². The van der Waals surface area contributed by atoms with Crippen molar-refractivity contribution in [2.45, 2.75) is 0 Å². The molecule has 0 aromatic heterocycles. The van der Waals surface area contributed by atoms with Crippen LogP contribution in [0.25, 0.3) is 0 Å². The Bertz CT molecular complexity index is 37.5. The molecule has 0 radical (unpaired) electrons. The van der Waals surface area contributed by atoms with E-state index < -0.39 is 21.6 Å². The zero-order valence-corrected chi connectivity index (χ0v) is 15.8. The zero-order valence-electron chi connectivity index (χ0n) is 8.38. The minimum Gasteiger partial charge on any atom is -1.00 e. The van der Waals surface area contributed by atoms with Gasteiger partial charge in [0.05, 0.1) is 21.6 Å². The van der Waals surface area contributed by atoms with Gasteiger partial charge in [-0.05, 0) is 0 Å². The molecule has 12 nitrogen and oxygen atoms in total. The van der Waals surface area contributed by atoms with Gasteiger partial charge in [0.2, 0.25) is 0 Å². The molecule has 12 N–H and O–H groups in total. The quantitative estimate of drug-likeness (QED) is 0.338. The Balaban J connectivity index is -0.00000000257. The van der Waals surface area contributed by atoms with Gasteiger partial charge in [0.15, 0.2) is 0 Å². The van der Waals surface area contributed by atoms with Gasteiger partial charge in [-0.1, -0.05) is 0 Å². The Hall–Kier alpha value is 3.20. The van der Waals surface area contributed by atoms with E-state index in [2.05, 4.69) is 0 Å². The molecule has 0 amide bonds. The van der Waals surface area contributed by atoms with Gasteiger partial charge in [-0.15, -0.1) is 0 Å². The van der Waals surface area contributed by atoms with E-state index in [9.17, 15) is 0 Å². The molecule has 0 spiro atoms. The molecule has 0 aliphatic carbocycles. The van der Waals surface area contributed by atoms with Crippen molar-refractivity contribution in [1.29, 1.82) is 0 Å². The van der Waals surface area contributed by atoms with Gasteiger partial charge in [-0.25, -0.2) is 0 Å². The van der Waals surface area contributed by atoms with Crippen LogP contribution >= 0.6 is 0 Å². The summed E-state index contributed by atoms with van der Waals surface area (Å²) in [6.07, 6.45) is 0. The molecule has 0 fully saturated rings. The second-order valence-electron chi connectivity index (χ2n) is 0.378. The summed E-state index contributed by atoms with van der Waals surface area (Å²) in [5.41, 5.74) is 0. The molecule has 0 saturated heterocycles. The molecular formula is H12Ca2Cl4O12. The Labute approximate surface area is 180 Å². The van der Waals surface area contributed by atoms with Crippen molar-refractivity contribution in [1.82, 2.24) is 0 Å². The van der Waals surface area contributed by atoms with Crippen molar-refractivity contribution < 1.29 is 107 Å². The van der Waals surface area contributed by atoms with Crippen LogP contribution < -0.4 is 52.8 Å². The minimum absolute atomic E-state index is 0. The Morgan fingerprint density at radius 1 is 0.389 bits per heavy atom. The second kappa shape index (κ2) is 88.0. The molecule has 0 unspecified atom stereocenters. The van der Waals surface area contributed by atoms with E-state index in [1.54, 1.807) is 0 Å². The SMILES string of the molecule is O.O.O.O.O.O.[Ca+2].[Ca+2].[Cl-].[Cl-].[O-][Cl+2]([O-])[O-].[O-][Cl+2]([O-])[O-]. The van der Waals surface area contributed by atoms with Gasteiger partial charge in [-0.3, -0.25) is 0 Å². The van der Waals surface area contributed by atoms with Crippen molar-refractivity contribution >= 4 is 75.5 Å². The Morgan fingerprint density at radius 2 is 0.389 bits per heavy atom. The van der Waals surface area contributed by atoms with E-state index in [0.29, 0.717) is 0 Å². The number of rotatable bonds is 0. The molecule has 0 aromatic rings. The van der Waals surface area contributed by atoms with Crippen LogP contribution in [0.15, 0.2) is 0 Å². The van der Waals surface area contributed by atoms with Gasteiger partial charge < -0.3 is 85.6 Å². The molecule has 0 rings (SSSR count). The molecular weight excluding hydrogens is 414 g/mol. The summed E-state index contributed by atoms with van der Waals surface area (Å²) < 4.78 is 50.4. The molecule has 18 heteroatoms. The molecule has 0 aliphatic rings. The predicted molar refractivity (Wildman–Crippen MR) is 33.2 cm³/mol. The van der Waals surface area contributed by atoms with Gasteiger partial charge in [0.1, 0.15) is 0 Å². The fraction of sp³-hybridized carbons (Fsp3) is 0. The number of halogens is 4. The van der Waals surface area contributed by atoms with Crippen LogP contribution in [0, 0.1) is 21.6 Å². The first-order chi connectivity index (χ1) is 3.46. The van der Waals surface area contributed by atoms with Crippen LogP contribution in [0.3, 0.4) is 0 Å². The predicted octanol–water partition coefficient (Wildman–Crippen LogP) is -18.8. The average molecular weight is 426 g/mol. The van der Waals surface area contributed by atoms with Crippen LogP contribution in [-0.4, -0.2) is 108 Å². The smallest absolute Gasteiger partial charge is 1.00 e. The minimum atomic E-state index is -2.85. The molecule has 0 heterocycles. The van der Waals surface area contributed by atoms with Crippen molar-refractivity contribution in [3.63, 3.8) is 0 Å². The molecule has 116 valence electrons. The summed E-state index contributed by atoms with van der Waals surface area (Å²) in [7, 11) is -5.70. The summed E-state index contributed by atoms with van der Waals surface area (Å²) in [5, 5.41) is 0. The van der Waals surface area contributed by atoms with E-state index in [1.165, 1.54) is 0 Å². The molecule has 0 bridgehead atoms. The first kappa shape index (κ1) is 102. The largest absolute Gasteiger partial charge is 2.00 e. The maximum absolute atomic E-state index is 8.41. The first-order valence-electron chi connectivity index (χ1n) is 0.926. The van der Waals surface area contributed by atoms with E-state index in [1.807, 2.05) is 0 Å². The van der Waals surface area contributed by atoms with Crippen LogP contribution in [0.1, 0.15) is 0 Å². The van der Waals surface area contributed by atoms with E-state index >= 15 is 0 Å². The van der Waals surface area contributed by atoms with Gasteiger partial charge >= 0.3 is 75.5 Å². The molecule has 0 atom stereocenters. The van der Waals surface area contributed by atoms with E-state index in [0.717, 1.165) is 0 Å². The standard InChI is InChI=1S/2Ca.2ClO3.2ClH.6H2O/c;;2*2-1(3)4;;;;;;;;/h;;;;2*1H;6*1H2/q2*+2;2*-1;;;;;;;;/p-2. The summed E-state index contributed by atoms with van der Waals surface area (Å²) in [4.78, 5) is 0. The Kier molecular flexibility index (Phi) is 500. The maximum Gasteiger partial charge on any atom is 2.00 e. The molecule has 18 heavy (non-hydrogen) atoms. The Morgan fingerprint density at radius 3 is 0.389 bits per heavy atom. The summed E-state index contributed by atoms with van der Waals surface area (Å²) in [6, 6.07) is 0. The van der Waals surface area contributed by atoms with Gasteiger partial charge in [0, 0.05) is 0 Å². The van der Waals surface area contributed by atoms with Crippen molar-refractivity contribution in [2.75, 3.05) is 0 Å². The van der Waals surface area contributed by atoms with Gasteiger partial charge in [-0.2, -0.15) is 0 Å². The molecule has 0 saturated carbocycles. The summed E-state index contributed by atoms with van der Waals surface area (Å²) in [5.74, 6) is 0. The first-order valence-corrected chi connectivity index (χ1v) is 2.78. The van der Waals surface area contributed by atoms with Crippen LogP contribution in [0.2, 0.25) is 0 Å². The third kappa shape index (κ3) is 621. The maximum atomic E-state index is 8.41. The normalized spacial score (nSPS) is 4.00. The fourth-order valence-corrected chi connectivity index (χ4v) is 0. The second-order valence-corrected chi connectivity index (χ2v) is 1.13. The van der Waals surface area contributed by atoms with Gasteiger partial charge in [0.25, 0.3) is 0 Å². The fourth-order valence-electron chi connectivity index (χ4n) is 0. The van der Waals surface area contributed by atoms with Crippen LogP contribution in [0.4, 0.5) is 0 Å². The number of hydrogen-bond donors (Lipinski definition) is 0. The summed E-state index contributed by atoms with van der Waals surface area (Å²) >= 11 is 0. The van der Waals surface area contributed by atoms with E-state index in [-0.39, 0.29) is 133 Å². The monoisotopic (exact) mass is 424 g/mol. The molecule has 0 aliphatic heterocycles. The van der Waals surface area contributed by atoms with Crippen LogP contribution in [0.5, 0.6) is 0 Å². The van der Waals surface area contributed by atoms with Crippen molar-refractivity contribution in [3.8, 4) is 0 Å². The molecule has 0 aromatic carbocycles. The average Bonchev–Trinajstić information content (AvgIpc) is 1.25. The van der Waals surface area contributed by atoms with Crippen LogP contribution in [-0.2, 0) is 0 Å². The topological polar surface area (TPSA) is 327 Å². The third-order valence-electron chi connectivity index (χ3n) is 0. The summed E-state index contributed by atoms with van der Waals surface area (Å²) in [6.45, 7) is 0. The van der Waals surface area contributed by atoms with E-state index in [4.69, 9.17) is 28.0 Å².